The maximum Gasteiger partial charge on any atom is 0.118 e. The van der Waals surface area contributed by atoms with Crippen LogP contribution in [0.15, 0.2) is 29.8 Å². The van der Waals surface area contributed by atoms with Crippen molar-refractivity contribution in [3.8, 4) is 5.75 Å². The Bertz CT molecular complexity index is 352. The van der Waals surface area contributed by atoms with Gasteiger partial charge in [-0.1, -0.05) is 44.6 Å². The molecular formula is C15H23NO. The normalized spacial score (nSPS) is 11.9. The average Bonchev–Trinajstić information content (AvgIpc) is 2.35. The van der Waals surface area contributed by atoms with E-state index in [4.69, 9.17) is 4.74 Å². The van der Waals surface area contributed by atoms with Crippen LogP contribution in [0.1, 0.15) is 26.3 Å². The quantitative estimate of drug-likeness (QED) is 0.813. The number of hydrogen-bond donors (Lipinski definition) is 1. The summed E-state index contributed by atoms with van der Waals surface area (Å²) in [6.07, 6.45) is 2.26. The van der Waals surface area contributed by atoms with Gasteiger partial charge in [-0.2, -0.15) is 0 Å². The highest BCUT2D eigenvalue weighted by molar-refractivity contribution is 5.54. The van der Waals surface area contributed by atoms with Gasteiger partial charge in [-0.25, -0.2) is 0 Å². The lowest BCUT2D eigenvalue weighted by molar-refractivity contribution is 0.415. The summed E-state index contributed by atoms with van der Waals surface area (Å²) in [6.45, 7) is 8.55. The molecule has 0 aliphatic rings. The number of ether oxygens (including phenoxy) is 1. The largest absolute Gasteiger partial charge is 0.497 e. The summed E-state index contributed by atoms with van der Waals surface area (Å²) in [6, 6.07) is 8.17. The van der Waals surface area contributed by atoms with Crippen LogP contribution in [0, 0.1) is 5.92 Å². The van der Waals surface area contributed by atoms with Crippen molar-refractivity contribution in [1.29, 1.82) is 0 Å². The summed E-state index contributed by atoms with van der Waals surface area (Å²) in [5, 5.41) is 3.38. The third-order valence-electron chi connectivity index (χ3n) is 2.79. The Morgan fingerprint density at radius 3 is 2.41 bits per heavy atom. The van der Waals surface area contributed by atoms with Crippen molar-refractivity contribution >= 4 is 6.08 Å². The second-order valence-electron chi connectivity index (χ2n) is 4.43. The summed E-state index contributed by atoms with van der Waals surface area (Å²) >= 11 is 0. The first-order valence-electron chi connectivity index (χ1n) is 6.22. The first-order valence-corrected chi connectivity index (χ1v) is 6.22. The molecule has 0 spiro atoms. The lowest BCUT2D eigenvalue weighted by Gasteiger charge is -2.12. The number of likely N-dealkylation sites (N-methyl/N-ethyl adjacent to an activating group) is 1. The Labute approximate surface area is 105 Å². The lowest BCUT2D eigenvalue weighted by atomic mass is 10.00. The summed E-state index contributed by atoms with van der Waals surface area (Å²) in [7, 11) is 1.69. The van der Waals surface area contributed by atoms with Gasteiger partial charge >= 0.3 is 0 Å². The molecule has 0 saturated heterocycles. The van der Waals surface area contributed by atoms with E-state index >= 15 is 0 Å². The van der Waals surface area contributed by atoms with Crippen LogP contribution in [0.4, 0.5) is 0 Å². The van der Waals surface area contributed by atoms with Gasteiger partial charge in [0.2, 0.25) is 0 Å². The fourth-order valence-electron chi connectivity index (χ4n) is 1.61. The van der Waals surface area contributed by atoms with Crippen molar-refractivity contribution < 1.29 is 4.74 Å². The molecule has 1 aromatic rings. The fourth-order valence-corrected chi connectivity index (χ4v) is 1.61. The van der Waals surface area contributed by atoms with Gasteiger partial charge in [-0.15, -0.1) is 0 Å². The summed E-state index contributed by atoms with van der Waals surface area (Å²) in [5.41, 5.74) is 2.66. The fraction of sp³-hybridized carbons (Fsp3) is 0.467. The minimum Gasteiger partial charge on any atom is -0.497 e. The van der Waals surface area contributed by atoms with E-state index in [1.54, 1.807) is 7.11 Å². The molecule has 1 N–H and O–H groups in total. The molecule has 0 aliphatic heterocycles. The van der Waals surface area contributed by atoms with Crippen molar-refractivity contribution in [3.05, 3.63) is 35.4 Å². The van der Waals surface area contributed by atoms with Crippen LogP contribution in [-0.4, -0.2) is 20.2 Å². The third kappa shape index (κ3) is 4.61. The first kappa shape index (κ1) is 13.8. The van der Waals surface area contributed by atoms with E-state index in [2.05, 4.69) is 44.3 Å². The van der Waals surface area contributed by atoms with Crippen LogP contribution in [0.5, 0.6) is 5.75 Å². The zero-order valence-electron chi connectivity index (χ0n) is 11.3. The molecule has 0 amide bonds. The van der Waals surface area contributed by atoms with E-state index in [-0.39, 0.29) is 0 Å². The van der Waals surface area contributed by atoms with Gasteiger partial charge < -0.3 is 10.1 Å². The molecule has 0 fully saturated rings. The second kappa shape index (κ2) is 7.13. The van der Waals surface area contributed by atoms with Crippen LogP contribution >= 0.6 is 0 Å². The molecular weight excluding hydrogens is 210 g/mol. The molecule has 1 aromatic carbocycles. The Morgan fingerprint density at radius 2 is 1.94 bits per heavy atom. The summed E-state index contributed by atoms with van der Waals surface area (Å²) in [4.78, 5) is 0. The van der Waals surface area contributed by atoms with E-state index in [1.165, 1.54) is 11.1 Å². The smallest absolute Gasteiger partial charge is 0.118 e. The van der Waals surface area contributed by atoms with Crippen molar-refractivity contribution in [2.75, 3.05) is 20.2 Å². The third-order valence-corrected chi connectivity index (χ3v) is 2.79. The molecule has 0 heterocycles. The van der Waals surface area contributed by atoms with Crippen molar-refractivity contribution in [1.82, 2.24) is 5.32 Å². The Morgan fingerprint density at radius 1 is 1.29 bits per heavy atom. The van der Waals surface area contributed by atoms with E-state index in [1.807, 2.05) is 12.1 Å². The molecule has 17 heavy (non-hydrogen) atoms. The van der Waals surface area contributed by atoms with Gasteiger partial charge in [-0.05, 0) is 30.2 Å². The molecule has 0 radical (unpaired) electrons. The topological polar surface area (TPSA) is 21.3 Å². The van der Waals surface area contributed by atoms with Crippen LogP contribution in [0.2, 0.25) is 0 Å². The molecule has 94 valence electrons. The average molecular weight is 233 g/mol. The number of rotatable bonds is 6. The highest BCUT2D eigenvalue weighted by atomic mass is 16.5. The van der Waals surface area contributed by atoms with E-state index in [9.17, 15) is 0 Å². The van der Waals surface area contributed by atoms with Crippen LogP contribution in [-0.2, 0) is 0 Å². The van der Waals surface area contributed by atoms with Crippen LogP contribution < -0.4 is 10.1 Å². The molecule has 0 aromatic heterocycles. The molecule has 2 heteroatoms. The minimum atomic E-state index is 0.566. The van der Waals surface area contributed by atoms with Gasteiger partial charge in [0.25, 0.3) is 0 Å². The van der Waals surface area contributed by atoms with Crippen LogP contribution in [0.25, 0.3) is 6.08 Å². The molecule has 0 atom stereocenters. The molecule has 0 saturated carbocycles. The zero-order chi connectivity index (χ0) is 12.7. The zero-order valence-corrected chi connectivity index (χ0v) is 11.3. The maximum atomic E-state index is 5.15. The van der Waals surface area contributed by atoms with E-state index < -0.39 is 0 Å². The standard InChI is InChI=1S/C15H23NO/c1-5-16-11-14(12(2)3)10-13-6-8-15(17-4)9-7-13/h6-10,12,16H,5,11H2,1-4H3. The van der Waals surface area contributed by atoms with Crippen molar-refractivity contribution in [2.45, 2.75) is 20.8 Å². The number of hydrogen-bond acceptors (Lipinski definition) is 2. The van der Waals surface area contributed by atoms with Gasteiger partial charge in [0.05, 0.1) is 7.11 Å². The van der Waals surface area contributed by atoms with Gasteiger partial charge in [-0.3, -0.25) is 0 Å². The highest BCUT2D eigenvalue weighted by Crippen LogP contribution is 2.17. The van der Waals surface area contributed by atoms with Crippen molar-refractivity contribution in [3.63, 3.8) is 0 Å². The summed E-state index contributed by atoms with van der Waals surface area (Å²) < 4.78 is 5.15. The Balaban J connectivity index is 2.80. The Kier molecular flexibility index (Phi) is 5.78. The van der Waals surface area contributed by atoms with Crippen LogP contribution in [0.3, 0.4) is 0 Å². The van der Waals surface area contributed by atoms with Crippen molar-refractivity contribution in [2.24, 2.45) is 5.92 Å². The van der Waals surface area contributed by atoms with Gasteiger partial charge in [0, 0.05) is 6.54 Å². The molecule has 0 unspecified atom stereocenters. The Hall–Kier alpha value is -1.28. The lowest BCUT2D eigenvalue weighted by Crippen LogP contribution is -2.18. The molecule has 0 aliphatic carbocycles. The van der Waals surface area contributed by atoms with E-state index in [0.717, 1.165) is 18.8 Å². The maximum absolute atomic E-state index is 5.15. The SMILES string of the molecule is CCNCC(=Cc1ccc(OC)cc1)C(C)C. The monoisotopic (exact) mass is 233 g/mol. The highest BCUT2D eigenvalue weighted by Gasteiger charge is 2.02. The predicted molar refractivity (Wildman–Crippen MR) is 74.4 cm³/mol. The number of nitrogens with one attached hydrogen (secondary N) is 1. The second-order valence-corrected chi connectivity index (χ2v) is 4.43. The van der Waals surface area contributed by atoms with E-state index in [0.29, 0.717) is 5.92 Å². The minimum absolute atomic E-state index is 0.566. The first-order chi connectivity index (χ1) is 8.17. The molecule has 1 rings (SSSR count). The number of methoxy groups -OCH3 is 1. The van der Waals surface area contributed by atoms with Gasteiger partial charge in [0.1, 0.15) is 5.75 Å². The van der Waals surface area contributed by atoms with Gasteiger partial charge in [0.15, 0.2) is 0 Å². The molecule has 0 bridgehead atoms. The predicted octanol–water partition coefficient (Wildman–Crippen LogP) is 3.34. The molecule has 2 nitrogen and oxygen atoms in total. The number of benzene rings is 1. The summed E-state index contributed by atoms with van der Waals surface area (Å²) in [5.74, 6) is 1.47.